The minimum Gasteiger partial charge on any atom is -0.353 e. The number of alkyl halides is 1. The third-order valence-corrected chi connectivity index (χ3v) is 9.17. The molecule has 0 spiro atoms. The number of hydrogen-bond acceptors (Lipinski definition) is 5. The largest absolute Gasteiger partial charge is 0.353 e. The summed E-state index contributed by atoms with van der Waals surface area (Å²) >= 11 is 12.7. The molecule has 1 atom stereocenters. The van der Waals surface area contributed by atoms with Gasteiger partial charge in [0.25, 0.3) is 0 Å². The molecule has 0 radical (unpaired) electrons. The van der Waals surface area contributed by atoms with Gasteiger partial charge < -0.3 is 14.8 Å². The molecule has 10 heteroatoms. The van der Waals surface area contributed by atoms with Crippen molar-refractivity contribution in [2.75, 3.05) is 44.3 Å². The van der Waals surface area contributed by atoms with Gasteiger partial charge in [-0.2, -0.15) is 0 Å². The highest BCUT2D eigenvalue weighted by Crippen LogP contribution is 2.50. The number of carbonyl (C=O) groups excluding carboxylic acids is 1. The monoisotopic (exact) mass is 570 g/mol. The Morgan fingerprint density at radius 2 is 1.85 bits per heavy atom. The van der Waals surface area contributed by atoms with Crippen LogP contribution in [0.5, 0.6) is 0 Å². The summed E-state index contributed by atoms with van der Waals surface area (Å²) in [6.07, 6.45) is 9.31. The van der Waals surface area contributed by atoms with Gasteiger partial charge >= 0.3 is 0 Å². The number of amides is 1. The number of nitrogens with one attached hydrogen (secondary N) is 1. The van der Waals surface area contributed by atoms with E-state index >= 15 is 0 Å². The lowest BCUT2D eigenvalue weighted by atomic mass is 9.92. The van der Waals surface area contributed by atoms with Crippen LogP contribution in [0.3, 0.4) is 0 Å². The van der Waals surface area contributed by atoms with E-state index in [-0.39, 0.29) is 24.0 Å². The molecule has 1 aliphatic carbocycles. The average Bonchev–Trinajstić information content (AvgIpc) is 3.58. The predicted molar refractivity (Wildman–Crippen MR) is 152 cm³/mol. The zero-order valence-electron chi connectivity index (χ0n) is 21.8. The standard InChI is InChI=1S/C29H33Cl2FN6O/c30-22-3-1-21(2-4-22)29(8-9-29)28(39)36-13-6-23(7-14-36)38-16-15-37(19-24(38)5-10-32)27-25(31)17-20(18-35-27)26-33-11-12-34-26/h1-4,11-12,17-18,23-24H,5-10,13-16,19H2,(H,33,34)/t24-/m0/s1. The molecule has 1 N–H and O–H groups in total. The first-order chi connectivity index (χ1) is 19.0. The molecule has 6 rings (SSSR count). The third kappa shape index (κ3) is 5.26. The van der Waals surface area contributed by atoms with Gasteiger partial charge in [0, 0.05) is 74.0 Å². The number of piperazine rings is 1. The number of halogens is 3. The number of pyridine rings is 1. The van der Waals surface area contributed by atoms with Gasteiger partial charge in [-0.1, -0.05) is 35.3 Å². The second-order valence-corrected chi connectivity index (χ2v) is 11.7. The van der Waals surface area contributed by atoms with Crippen LogP contribution in [-0.2, 0) is 10.2 Å². The van der Waals surface area contributed by atoms with E-state index in [0.29, 0.717) is 29.1 Å². The quantitative estimate of drug-likeness (QED) is 0.414. The minimum absolute atomic E-state index is 0.0717. The van der Waals surface area contributed by atoms with Crippen molar-refractivity contribution in [1.29, 1.82) is 0 Å². The summed E-state index contributed by atoms with van der Waals surface area (Å²) in [4.78, 5) is 32.2. The summed E-state index contributed by atoms with van der Waals surface area (Å²) in [7, 11) is 0. The Hall–Kier alpha value is -2.68. The van der Waals surface area contributed by atoms with Gasteiger partial charge in [0.2, 0.25) is 5.91 Å². The Morgan fingerprint density at radius 1 is 1.08 bits per heavy atom. The number of carbonyl (C=O) groups is 1. The summed E-state index contributed by atoms with van der Waals surface area (Å²) in [5.74, 6) is 1.70. The van der Waals surface area contributed by atoms with Crippen LogP contribution in [-0.4, -0.2) is 82.1 Å². The molecular formula is C29H33Cl2FN6O. The summed E-state index contributed by atoms with van der Waals surface area (Å²) in [5, 5.41) is 1.26. The Bertz CT molecular complexity index is 1290. The zero-order chi connectivity index (χ0) is 27.0. The summed E-state index contributed by atoms with van der Waals surface area (Å²) in [5.41, 5.74) is 1.53. The summed E-state index contributed by atoms with van der Waals surface area (Å²) < 4.78 is 13.7. The third-order valence-electron chi connectivity index (χ3n) is 8.64. The van der Waals surface area contributed by atoms with E-state index in [2.05, 4.69) is 24.8 Å². The van der Waals surface area contributed by atoms with E-state index in [1.54, 1.807) is 18.6 Å². The number of anilines is 1. The molecule has 2 saturated heterocycles. The van der Waals surface area contributed by atoms with Gasteiger partial charge in [-0.05, 0) is 55.9 Å². The van der Waals surface area contributed by atoms with Crippen molar-refractivity contribution >= 4 is 34.9 Å². The number of hydrogen-bond donors (Lipinski definition) is 1. The Balaban J connectivity index is 1.09. The number of likely N-dealkylation sites (tertiary alicyclic amines) is 1. The minimum atomic E-state index is -0.376. The van der Waals surface area contributed by atoms with Crippen LogP contribution in [0.1, 0.15) is 37.7 Å². The Kier molecular flexibility index (Phi) is 7.53. The van der Waals surface area contributed by atoms with Crippen molar-refractivity contribution in [1.82, 2.24) is 24.8 Å². The van der Waals surface area contributed by atoms with Gasteiger partial charge in [-0.3, -0.25) is 14.1 Å². The molecule has 206 valence electrons. The molecule has 39 heavy (non-hydrogen) atoms. The number of rotatable bonds is 7. The summed E-state index contributed by atoms with van der Waals surface area (Å²) in [6.45, 7) is 3.38. The average molecular weight is 572 g/mol. The van der Waals surface area contributed by atoms with Crippen LogP contribution in [0, 0.1) is 0 Å². The van der Waals surface area contributed by atoms with Crippen LogP contribution in [0.25, 0.3) is 11.4 Å². The van der Waals surface area contributed by atoms with Crippen LogP contribution < -0.4 is 4.90 Å². The molecule has 3 fully saturated rings. The van der Waals surface area contributed by atoms with E-state index in [1.807, 2.05) is 35.2 Å². The highest BCUT2D eigenvalue weighted by atomic mass is 35.5. The molecular weight excluding hydrogens is 538 g/mol. The SMILES string of the molecule is O=C(N1CCC(N2CCN(c3ncc(-c4ncc[nH]4)cc3Cl)C[C@@H]2CCF)CC1)C1(c2ccc(Cl)cc2)CC1. The van der Waals surface area contributed by atoms with Gasteiger partial charge in [0.05, 0.1) is 17.1 Å². The normalized spacial score (nSPS) is 21.8. The lowest BCUT2D eigenvalue weighted by molar-refractivity contribution is -0.135. The van der Waals surface area contributed by atoms with Crippen molar-refractivity contribution in [2.24, 2.45) is 0 Å². The van der Waals surface area contributed by atoms with Crippen LogP contribution in [0.4, 0.5) is 10.2 Å². The highest BCUT2D eigenvalue weighted by Gasteiger charge is 2.53. The molecule has 1 amide bonds. The van der Waals surface area contributed by atoms with Crippen LogP contribution in [0.15, 0.2) is 48.9 Å². The van der Waals surface area contributed by atoms with E-state index in [0.717, 1.165) is 74.6 Å². The van der Waals surface area contributed by atoms with E-state index < -0.39 is 0 Å². The first kappa shape index (κ1) is 26.5. The fourth-order valence-corrected chi connectivity index (χ4v) is 6.78. The number of H-pyrrole nitrogens is 1. The van der Waals surface area contributed by atoms with E-state index in [4.69, 9.17) is 23.2 Å². The second kappa shape index (κ2) is 11.1. The predicted octanol–water partition coefficient (Wildman–Crippen LogP) is 5.35. The van der Waals surface area contributed by atoms with Crippen molar-refractivity contribution in [3.63, 3.8) is 0 Å². The maximum Gasteiger partial charge on any atom is 0.233 e. The Morgan fingerprint density at radius 3 is 2.49 bits per heavy atom. The number of nitrogens with zero attached hydrogens (tertiary/aromatic N) is 5. The molecule has 2 aliphatic heterocycles. The van der Waals surface area contributed by atoms with Crippen LogP contribution in [0.2, 0.25) is 10.0 Å². The second-order valence-electron chi connectivity index (χ2n) is 10.9. The number of benzene rings is 1. The first-order valence-electron chi connectivity index (χ1n) is 13.8. The van der Waals surface area contributed by atoms with Crippen molar-refractivity contribution < 1.29 is 9.18 Å². The molecule has 3 aromatic rings. The van der Waals surface area contributed by atoms with Crippen molar-refractivity contribution in [3.8, 4) is 11.4 Å². The number of aromatic nitrogens is 3. The van der Waals surface area contributed by atoms with Crippen molar-refractivity contribution in [2.45, 2.75) is 49.6 Å². The highest BCUT2D eigenvalue weighted by molar-refractivity contribution is 6.33. The van der Waals surface area contributed by atoms with Gasteiger partial charge in [-0.25, -0.2) is 9.97 Å². The van der Waals surface area contributed by atoms with Gasteiger partial charge in [0.15, 0.2) is 0 Å². The molecule has 3 aliphatic rings. The molecule has 4 heterocycles. The topological polar surface area (TPSA) is 68.4 Å². The van der Waals surface area contributed by atoms with E-state index in [1.165, 1.54) is 0 Å². The molecule has 2 aromatic heterocycles. The lowest BCUT2D eigenvalue weighted by Gasteiger charge is -2.48. The molecule has 7 nitrogen and oxygen atoms in total. The fourth-order valence-electron chi connectivity index (χ4n) is 6.36. The number of imidazole rings is 1. The molecule has 0 unspecified atom stereocenters. The lowest BCUT2D eigenvalue weighted by Crippen LogP contribution is -2.59. The molecule has 1 saturated carbocycles. The van der Waals surface area contributed by atoms with Crippen LogP contribution >= 0.6 is 23.2 Å². The zero-order valence-corrected chi connectivity index (χ0v) is 23.3. The van der Waals surface area contributed by atoms with E-state index in [9.17, 15) is 9.18 Å². The molecule has 0 bridgehead atoms. The maximum absolute atomic E-state index is 13.7. The number of piperidine rings is 1. The maximum atomic E-state index is 13.7. The fraction of sp³-hybridized carbons (Fsp3) is 0.483. The number of aromatic amines is 1. The smallest absolute Gasteiger partial charge is 0.233 e. The first-order valence-corrected chi connectivity index (χ1v) is 14.5. The van der Waals surface area contributed by atoms with Gasteiger partial charge in [-0.15, -0.1) is 0 Å². The summed E-state index contributed by atoms with van der Waals surface area (Å²) in [6, 6.07) is 10.0. The van der Waals surface area contributed by atoms with Gasteiger partial charge in [0.1, 0.15) is 11.6 Å². The van der Waals surface area contributed by atoms with Crippen molar-refractivity contribution in [3.05, 3.63) is 64.5 Å². The molecule has 1 aromatic carbocycles. The Labute approximate surface area is 238 Å².